The summed E-state index contributed by atoms with van der Waals surface area (Å²) in [6, 6.07) is 0. The molecule has 0 heterocycles. The first kappa shape index (κ1) is 10.2. The van der Waals surface area contributed by atoms with Crippen LogP contribution in [-0.4, -0.2) is 26.0 Å². The molecule has 0 rings (SSSR count). The van der Waals surface area contributed by atoms with E-state index in [4.69, 9.17) is 0 Å². The maximum atomic E-state index is 11.8. The van der Waals surface area contributed by atoms with Gasteiger partial charge in [-0.3, -0.25) is 4.39 Å². The molecule has 4 heteroatoms. The third-order valence-electron chi connectivity index (χ3n) is 1.32. The average Bonchev–Trinajstić information content (AvgIpc) is 2.03. The summed E-state index contributed by atoms with van der Waals surface area (Å²) in [6.45, 7) is 1.35. The highest BCUT2D eigenvalue weighted by Gasteiger charge is 2.11. The van der Waals surface area contributed by atoms with Crippen LogP contribution in [0, 0.1) is 0 Å². The molecule has 0 aromatic heterocycles. The van der Waals surface area contributed by atoms with Crippen molar-refractivity contribution in [3.63, 3.8) is 0 Å². The van der Waals surface area contributed by atoms with Crippen LogP contribution in [0.3, 0.4) is 0 Å². The molecule has 1 atom stereocenters. The van der Waals surface area contributed by atoms with Gasteiger partial charge in [-0.05, 0) is 6.42 Å². The standard InChI is InChI=1S/C7H13FO3/c1-3-6(4-5-8)11-7(9)10-2/h6H,3-5H2,1-2H3. The van der Waals surface area contributed by atoms with Gasteiger partial charge in [0.2, 0.25) is 0 Å². The number of hydrogen-bond donors (Lipinski definition) is 0. The molecule has 0 N–H and O–H groups in total. The van der Waals surface area contributed by atoms with Gasteiger partial charge < -0.3 is 9.47 Å². The van der Waals surface area contributed by atoms with E-state index in [1.165, 1.54) is 7.11 Å². The minimum Gasteiger partial charge on any atom is -0.438 e. The van der Waals surface area contributed by atoms with Crippen LogP contribution in [-0.2, 0) is 9.47 Å². The van der Waals surface area contributed by atoms with Crippen molar-refractivity contribution in [1.29, 1.82) is 0 Å². The van der Waals surface area contributed by atoms with Crippen LogP contribution in [0.5, 0.6) is 0 Å². The molecule has 0 saturated carbocycles. The molecule has 0 fully saturated rings. The van der Waals surface area contributed by atoms with Crippen molar-refractivity contribution in [1.82, 2.24) is 0 Å². The zero-order chi connectivity index (χ0) is 8.69. The Kier molecular flexibility index (Phi) is 5.51. The maximum absolute atomic E-state index is 11.8. The highest BCUT2D eigenvalue weighted by molar-refractivity contribution is 5.59. The summed E-state index contributed by atoms with van der Waals surface area (Å²) >= 11 is 0. The van der Waals surface area contributed by atoms with Crippen LogP contribution in [0.1, 0.15) is 19.8 Å². The number of carbonyl (C=O) groups is 1. The topological polar surface area (TPSA) is 35.5 Å². The number of rotatable bonds is 4. The van der Waals surface area contributed by atoms with Gasteiger partial charge in [-0.25, -0.2) is 4.79 Å². The maximum Gasteiger partial charge on any atom is 0.508 e. The van der Waals surface area contributed by atoms with Crippen LogP contribution in [0.25, 0.3) is 0 Å². The molecule has 0 spiro atoms. The van der Waals surface area contributed by atoms with Gasteiger partial charge in [0.15, 0.2) is 0 Å². The van der Waals surface area contributed by atoms with Gasteiger partial charge in [-0.1, -0.05) is 6.92 Å². The van der Waals surface area contributed by atoms with Crippen molar-refractivity contribution in [2.75, 3.05) is 13.8 Å². The van der Waals surface area contributed by atoms with Gasteiger partial charge in [0.1, 0.15) is 6.10 Å². The Morgan fingerprint density at radius 1 is 1.64 bits per heavy atom. The van der Waals surface area contributed by atoms with Gasteiger partial charge >= 0.3 is 6.16 Å². The molecule has 66 valence electrons. The third-order valence-corrected chi connectivity index (χ3v) is 1.32. The molecule has 0 saturated heterocycles. The minimum absolute atomic E-state index is 0.242. The second-order valence-corrected chi connectivity index (χ2v) is 2.08. The van der Waals surface area contributed by atoms with Gasteiger partial charge in [0.25, 0.3) is 0 Å². The summed E-state index contributed by atoms with van der Waals surface area (Å²) in [7, 11) is 1.23. The molecule has 3 nitrogen and oxygen atoms in total. The Hall–Kier alpha value is -0.800. The van der Waals surface area contributed by atoms with Crippen LogP contribution < -0.4 is 0 Å². The molecule has 0 aromatic carbocycles. The molecule has 0 aliphatic carbocycles. The van der Waals surface area contributed by atoms with Crippen molar-refractivity contribution < 1.29 is 18.7 Å². The quantitative estimate of drug-likeness (QED) is 0.595. The SMILES string of the molecule is CCC(CCF)OC(=O)OC. The number of hydrogen-bond acceptors (Lipinski definition) is 3. The largest absolute Gasteiger partial charge is 0.508 e. The number of alkyl halides is 1. The van der Waals surface area contributed by atoms with E-state index in [1.807, 2.05) is 6.92 Å². The highest BCUT2D eigenvalue weighted by atomic mass is 19.1. The van der Waals surface area contributed by atoms with E-state index in [-0.39, 0.29) is 12.5 Å². The fraction of sp³-hybridized carbons (Fsp3) is 0.857. The minimum atomic E-state index is -0.745. The fourth-order valence-corrected chi connectivity index (χ4v) is 0.652. The Morgan fingerprint density at radius 2 is 2.27 bits per heavy atom. The number of halogens is 1. The third kappa shape index (κ3) is 4.58. The summed E-state index contributed by atoms with van der Waals surface area (Å²) in [4.78, 5) is 10.5. The monoisotopic (exact) mass is 164 g/mol. The lowest BCUT2D eigenvalue weighted by atomic mass is 10.2. The van der Waals surface area contributed by atoms with Crippen LogP contribution >= 0.6 is 0 Å². The smallest absolute Gasteiger partial charge is 0.438 e. The van der Waals surface area contributed by atoms with Crippen molar-refractivity contribution in [3.8, 4) is 0 Å². The Labute approximate surface area is 65.5 Å². The molecule has 0 aromatic rings. The second-order valence-electron chi connectivity index (χ2n) is 2.08. The Morgan fingerprint density at radius 3 is 2.64 bits per heavy atom. The van der Waals surface area contributed by atoms with E-state index in [0.29, 0.717) is 6.42 Å². The summed E-state index contributed by atoms with van der Waals surface area (Å²) < 4.78 is 20.7. The normalized spacial score (nSPS) is 12.3. The van der Waals surface area contributed by atoms with Crippen LogP contribution in [0.2, 0.25) is 0 Å². The first-order valence-electron chi connectivity index (χ1n) is 3.55. The van der Waals surface area contributed by atoms with Crippen molar-refractivity contribution in [3.05, 3.63) is 0 Å². The van der Waals surface area contributed by atoms with Gasteiger partial charge in [-0.15, -0.1) is 0 Å². The molecule has 0 aliphatic rings. The van der Waals surface area contributed by atoms with E-state index >= 15 is 0 Å². The summed E-state index contributed by atoms with van der Waals surface area (Å²) in [5.74, 6) is 0. The van der Waals surface area contributed by atoms with Crippen LogP contribution in [0.15, 0.2) is 0 Å². The fourth-order valence-electron chi connectivity index (χ4n) is 0.652. The molecular weight excluding hydrogens is 151 g/mol. The average molecular weight is 164 g/mol. The lowest BCUT2D eigenvalue weighted by Gasteiger charge is -2.12. The zero-order valence-corrected chi connectivity index (χ0v) is 6.80. The number of carbonyl (C=O) groups excluding carboxylic acids is 1. The summed E-state index contributed by atoms with van der Waals surface area (Å²) in [5.41, 5.74) is 0. The first-order chi connectivity index (χ1) is 5.24. The molecule has 0 aliphatic heterocycles. The highest BCUT2D eigenvalue weighted by Crippen LogP contribution is 2.04. The van der Waals surface area contributed by atoms with E-state index in [0.717, 1.165) is 0 Å². The number of ether oxygens (including phenoxy) is 2. The predicted octanol–water partition coefficient (Wildman–Crippen LogP) is 1.91. The van der Waals surface area contributed by atoms with Gasteiger partial charge in [0, 0.05) is 6.42 Å². The lowest BCUT2D eigenvalue weighted by molar-refractivity contribution is 0.0302. The lowest BCUT2D eigenvalue weighted by Crippen LogP contribution is -2.17. The zero-order valence-electron chi connectivity index (χ0n) is 6.80. The van der Waals surface area contributed by atoms with Crippen molar-refractivity contribution in [2.45, 2.75) is 25.9 Å². The number of methoxy groups -OCH3 is 1. The van der Waals surface area contributed by atoms with Crippen molar-refractivity contribution >= 4 is 6.16 Å². The second kappa shape index (κ2) is 5.95. The van der Waals surface area contributed by atoms with E-state index < -0.39 is 12.8 Å². The molecule has 1 unspecified atom stereocenters. The summed E-state index contributed by atoms with van der Waals surface area (Å²) in [5, 5.41) is 0. The molecule has 11 heavy (non-hydrogen) atoms. The van der Waals surface area contributed by atoms with Crippen molar-refractivity contribution in [2.24, 2.45) is 0 Å². The van der Waals surface area contributed by atoms with E-state index in [1.54, 1.807) is 0 Å². The molecule has 0 amide bonds. The van der Waals surface area contributed by atoms with Gasteiger partial charge in [0.05, 0.1) is 13.8 Å². The van der Waals surface area contributed by atoms with Crippen LogP contribution in [0.4, 0.5) is 9.18 Å². The Bertz CT molecular complexity index is 116. The summed E-state index contributed by atoms with van der Waals surface area (Å²) in [6.07, 6.45) is -0.248. The first-order valence-corrected chi connectivity index (χ1v) is 3.55. The molecule has 0 bridgehead atoms. The van der Waals surface area contributed by atoms with E-state index in [2.05, 4.69) is 9.47 Å². The van der Waals surface area contributed by atoms with Gasteiger partial charge in [-0.2, -0.15) is 0 Å². The van der Waals surface area contributed by atoms with E-state index in [9.17, 15) is 9.18 Å². The Balaban J connectivity index is 3.58. The molecule has 0 radical (unpaired) electrons. The molecular formula is C7H13FO3. The predicted molar refractivity (Wildman–Crippen MR) is 38.2 cm³/mol.